The van der Waals surface area contributed by atoms with Crippen molar-refractivity contribution >= 4 is 23.4 Å². The monoisotopic (exact) mass is 508 g/mol. The largest absolute Gasteiger partial charge is 0.421 e. The maximum absolute atomic E-state index is 13.5. The van der Waals surface area contributed by atoms with Gasteiger partial charge in [0, 0.05) is 57.6 Å². The summed E-state index contributed by atoms with van der Waals surface area (Å²) in [5.74, 6) is -0.110. The lowest BCUT2D eigenvalue weighted by Crippen LogP contribution is -2.39. The summed E-state index contributed by atoms with van der Waals surface area (Å²) in [5, 5.41) is 10.2. The van der Waals surface area contributed by atoms with E-state index in [0.29, 0.717) is 37.7 Å². The van der Waals surface area contributed by atoms with E-state index < -0.39 is 11.7 Å². The molecule has 0 unspecified atom stereocenters. The summed E-state index contributed by atoms with van der Waals surface area (Å²) in [5.41, 5.74) is -0.301. The van der Waals surface area contributed by atoms with Gasteiger partial charge < -0.3 is 20.4 Å². The van der Waals surface area contributed by atoms with Gasteiger partial charge in [-0.25, -0.2) is 4.98 Å². The second-order valence-corrected chi connectivity index (χ2v) is 9.77. The van der Waals surface area contributed by atoms with Gasteiger partial charge in [0.25, 0.3) is 0 Å². The number of carbonyl (C=O) groups is 1. The summed E-state index contributed by atoms with van der Waals surface area (Å²) in [7, 11) is 0. The number of anilines is 3. The molecule has 2 aliphatic rings. The van der Waals surface area contributed by atoms with Crippen LogP contribution in [0, 0.1) is 0 Å². The molecular weight excluding hydrogens is 473 g/mol. The molecule has 9 nitrogen and oxygen atoms in total. The summed E-state index contributed by atoms with van der Waals surface area (Å²) in [4.78, 5) is 24.1. The quantitative estimate of drug-likeness (QED) is 0.488. The van der Waals surface area contributed by atoms with Crippen molar-refractivity contribution in [3.63, 3.8) is 0 Å². The Morgan fingerprint density at radius 1 is 1.14 bits per heavy atom. The van der Waals surface area contributed by atoms with Crippen molar-refractivity contribution in [3.05, 3.63) is 24.2 Å². The maximum Gasteiger partial charge on any atom is 0.421 e. The average Bonchev–Trinajstić information content (AvgIpc) is 3.31. The van der Waals surface area contributed by atoms with Gasteiger partial charge in [-0.05, 0) is 46.0 Å². The lowest BCUT2D eigenvalue weighted by molar-refractivity contribution is -0.137. The molecule has 0 radical (unpaired) electrons. The molecule has 0 aliphatic carbocycles. The van der Waals surface area contributed by atoms with Crippen LogP contribution in [0.3, 0.4) is 0 Å². The molecule has 2 saturated heterocycles. The second-order valence-electron chi connectivity index (χ2n) is 9.77. The van der Waals surface area contributed by atoms with E-state index in [1.807, 2.05) is 10.9 Å². The predicted octanol–water partition coefficient (Wildman–Crippen LogP) is 4.30. The molecular formula is C24H35F3N8O. The first-order valence-electron chi connectivity index (χ1n) is 12.7. The third-order valence-electron chi connectivity index (χ3n) is 6.87. The molecule has 4 rings (SSSR count). The van der Waals surface area contributed by atoms with Gasteiger partial charge in [-0.1, -0.05) is 0 Å². The Bertz CT molecular complexity index is 1020. The van der Waals surface area contributed by atoms with Gasteiger partial charge in [0.15, 0.2) is 0 Å². The molecule has 1 amide bonds. The van der Waals surface area contributed by atoms with E-state index in [2.05, 4.69) is 44.4 Å². The predicted molar refractivity (Wildman–Crippen MR) is 131 cm³/mol. The normalized spacial score (nSPS) is 18.2. The molecule has 2 aromatic rings. The zero-order valence-corrected chi connectivity index (χ0v) is 20.9. The van der Waals surface area contributed by atoms with Crippen LogP contribution in [0.25, 0.3) is 0 Å². The van der Waals surface area contributed by atoms with Crippen LogP contribution in [-0.2, 0) is 11.0 Å². The summed E-state index contributed by atoms with van der Waals surface area (Å²) in [6.07, 6.45) is 4.61. The third-order valence-corrected chi connectivity index (χ3v) is 6.87. The molecule has 2 aliphatic heterocycles. The Labute approximate surface area is 209 Å². The number of halogens is 3. The minimum atomic E-state index is -4.58. The van der Waals surface area contributed by atoms with E-state index in [4.69, 9.17) is 0 Å². The first-order chi connectivity index (χ1) is 17.2. The Balaban J connectivity index is 1.37. The van der Waals surface area contributed by atoms with Crippen LogP contribution in [-0.4, -0.2) is 74.2 Å². The van der Waals surface area contributed by atoms with Crippen LogP contribution in [0.5, 0.6) is 0 Å². The zero-order valence-electron chi connectivity index (χ0n) is 20.9. The van der Waals surface area contributed by atoms with Crippen molar-refractivity contribution in [1.29, 1.82) is 0 Å². The average molecular weight is 509 g/mol. The zero-order chi connectivity index (χ0) is 25.7. The number of nitrogens with one attached hydrogen (secondary N) is 2. The number of hydrogen-bond donors (Lipinski definition) is 2. The SMILES string of the molecule is CC(C)N1CCC(n2cc(Nc3ncc(C(F)(F)F)c(NCCCN4CCCCC4=O)n3)cn2)CC1. The minimum absolute atomic E-state index is 0.0610. The van der Waals surface area contributed by atoms with Gasteiger partial charge >= 0.3 is 6.18 Å². The minimum Gasteiger partial charge on any atom is -0.369 e. The van der Waals surface area contributed by atoms with E-state index >= 15 is 0 Å². The Kier molecular flexibility index (Phi) is 8.32. The standard InChI is InChI=1S/C24H35F3N8O/c1-17(2)33-12-7-19(8-13-33)35-16-18(14-30-35)31-23-29-15-20(24(25,26)27)22(32-23)28-9-5-11-34-10-4-3-6-21(34)36/h14-17,19H,3-13H2,1-2H3,(H2,28,29,31,32). The summed E-state index contributed by atoms with van der Waals surface area (Å²) in [6.45, 7) is 7.88. The lowest BCUT2D eigenvalue weighted by atomic mass is 10.0. The number of hydrogen-bond acceptors (Lipinski definition) is 7. The summed E-state index contributed by atoms with van der Waals surface area (Å²) >= 11 is 0. The van der Waals surface area contributed by atoms with Crippen LogP contribution >= 0.6 is 0 Å². The highest BCUT2D eigenvalue weighted by Crippen LogP contribution is 2.34. The topological polar surface area (TPSA) is 91.2 Å². The van der Waals surface area contributed by atoms with Crippen molar-refractivity contribution in [1.82, 2.24) is 29.5 Å². The van der Waals surface area contributed by atoms with E-state index in [9.17, 15) is 18.0 Å². The Hall–Kier alpha value is -2.89. The number of piperidine rings is 2. The molecule has 0 atom stereocenters. The van der Waals surface area contributed by atoms with Crippen LogP contribution in [0.4, 0.5) is 30.6 Å². The van der Waals surface area contributed by atoms with Gasteiger partial charge in [0.2, 0.25) is 11.9 Å². The maximum atomic E-state index is 13.5. The number of likely N-dealkylation sites (tertiary alicyclic amines) is 2. The highest BCUT2D eigenvalue weighted by molar-refractivity contribution is 5.76. The van der Waals surface area contributed by atoms with Crippen LogP contribution in [0.1, 0.15) is 64.0 Å². The molecule has 2 aromatic heterocycles. The van der Waals surface area contributed by atoms with Gasteiger partial charge in [-0.15, -0.1) is 0 Å². The van der Waals surface area contributed by atoms with Gasteiger partial charge in [-0.3, -0.25) is 9.48 Å². The molecule has 4 heterocycles. The lowest BCUT2D eigenvalue weighted by Gasteiger charge is -2.34. The molecule has 198 valence electrons. The molecule has 0 spiro atoms. The summed E-state index contributed by atoms with van der Waals surface area (Å²) in [6, 6.07) is 0.806. The molecule has 36 heavy (non-hydrogen) atoms. The van der Waals surface area contributed by atoms with E-state index in [0.717, 1.165) is 45.0 Å². The molecule has 0 saturated carbocycles. The van der Waals surface area contributed by atoms with Crippen molar-refractivity contribution in [2.45, 2.75) is 70.6 Å². The van der Waals surface area contributed by atoms with Crippen molar-refractivity contribution in [3.8, 4) is 0 Å². The smallest absolute Gasteiger partial charge is 0.369 e. The van der Waals surface area contributed by atoms with Crippen molar-refractivity contribution < 1.29 is 18.0 Å². The molecule has 12 heteroatoms. The number of amides is 1. The molecule has 2 N–H and O–H groups in total. The second kappa shape index (κ2) is 11.4. The number of nitrogens with zero attached hydrogens (tertiary/aromatic N) is 6. The van der Waals surface area contributed by atoms with Crippen LogP contribution in [0.2, 0.25) is 0 Å². The van der Waals surface area contributed by atoms with Crippen molar-refractivity contribution in [2.24, 2.45) is 0 Å². The fourth-order valence-corrected chi connectivity index (χ4v) is 4.76. The first-order valence-corrected chi connectivity index (χ1v) is 12.7. The number of rotatable bonds is 9. The first kappa shape index (κ1) is 26.2. The number of alkyl halides is 3. The van der Waals surface area contributed by atoms with Gasteiger partial charge in [0.1, 0.15) is 11.4 Å². The summed E-state index contributed by atoms with van der Waals surface area (Å²) < 4.78 is 42.5. The Morgan fingerprint density at radius 2 is 1.92 bits per heavy atom. The molecule has 2 fully saturated rings. The van der Waals surface area contributed by atoms with E-state index in [1.165, 1.54) is 0 Å². The third kappa shape index (κ3) is 6.65. The Morgan fingerprint density at radius 3 is 2.61 bits per heavy atom. The van der Waals surface area contributed by atoms with Gasteiger partial charge in [-0.2, -0.15) is 23.3 Å². The number of aromatic nitrogens is 4. The van der Waals surface area contributed by atoms with Gasteiger partial charge in [0.05, 0.1) is 17.9 Å². The highest BCUT2D eigenvalue weighted by atomic mass is 19.4. The highest BCUT2D eigenvalue weighted by Gasteiger charge is 2.35. The van der Waals surface area contributed by atoms with Crippen LogP contribution in [0.15, 0.2) is 18.6 Å². The van der Waals surface area contributed by atoms with E-state index in [1.54, 1.807) is 11.1 Å². The van der Waals surface area contributed by atoms with Crippen molar-refractivity contribution in [2.75, 3.05) is 43.4 Å². The van der Waals surface area contributed by atoms with Crippen LogP contribution < -0.4 is 10.6 Å². The molecule has 0 aromatic carbocycles. The fourth-order valence-electron chi connectivity index (χ4n) is 4.76. The number of carbonyl (C=O) groups excluding carboxylic acids is 1. The van der Waals surface area contributed by atoms with E-state index in [-0.39, 0.29) is 30.3 Å². The fraction of sp³-hybridized carbons (Fsp3) is 0.667. The molecule has 0 bridgehead atoms.